The Hall–Kier alpha value is -3.98. The quantitative estimate of drug-likeness (QED) is 0.250. The SMILES string of the molecule is FC(F)(F)c1ccc(CNc2cc(N3CCC[C@H]3CN3CCCC3)nc3ccc(-c4ccc5c(c4)OCO5)cc23)cc1. The van der Waals surface area contributed by atoms with Gasteiger partial charge >= 0.3 is 6.18 Å². The molecule has 6 nitrogen and oxygen atoms in total. The summed E-state index contributed by atoms with van der Waals surface area (Å²) in [6, 6.07) is 20.0. The zero-order valence-corrected chi connectivity index (χ0v) is 23.3. The average molecular weight is 575 g/mol. The summed E-state index contributed by atoms with van der Waals surface area (Å²) in [6.07, 6.45) is 0.465. The molecule has 4 heterocycles. The van der Waals surface area contributed by atoms with E-state index in [1.54, 1.807) is 0 Å². The maximum Gasteiger partial charge on any atom is 0.416 e. The lowest BCUT2D eigenvalue weighted by Crippen LogP contribution is -2.39. The van der Waals surface area contributed by atoms with Crippen molar-refractivity contribution in [1.29, 1.82) is 0 Å². The molecule has 218 valence electrons. The van der Waals surface area contributed by atoms with Crippen LogP contribution in [0.2, 0.25) is 0 Å². The number of aromatic nitrogens is 1. The zero-order valence-electron chi connectivity index (χ0n) is 23.3. The van der Waals surface area contributed by atoms with Crippen LogP contribution in [0.5, 0.6) is 11.5 Å². The summed E-state index contributed by atoms with van der Waals surface area (Å²) in [7, 11) is 0. The minimum absolute atomic E-state index is 0.219. The van der Waals surface area contributed by atoms with Crippen molar-refractivity contribution in [2.45, 2.75) is 44.4 Å². The van der Waals surface area contributed by atoms with Gasteiger partial charge in [-0.2, -0.15) is 13.2 Å². The molecule has 0 aliphatic carbocycles. The second-order valence-electron chi connectivity index (χ2n) is 11.4. The fourth-order valence-electron chi connectivity index (χ4n) is 6.36. The third kappa shape index (κ3) is 5.45. The van der Waals surface area contributed by atoms with Crippen molar-refractivity contribution in [3.05, 3.63) is 77.9 Å². The van der Waals surface area contributed by atoms with E-state index in [-0.39, 0.29) is 6.79 Å². The van der Waals surface area contributed by atoms with Crippen molar-refractivity contribution in [3.63, 3.8) is 0 Å². The van der Waals surface area contributed by atoms with E-state index in [0.717, 1.165) is 102 Å². The Labute approximate surface area is 243 Å². The predicted molar refractivity (Wildman–Crippen MR) is 158 cm³/mol. The number of halogens is 3. The van der Waals surface area contributed by atoms with Gasteiger partial charge in [-0.3, -0.25) is 0 Å². The first-order chi connectivity index (χ1) is 20.4. The number of fused-ring (bicyclic) bond motifs is 2. The number of nitrogens with zero attached hydrogens (tertiary/aromatic N) is 3. The molecule has 9 heteroatoms. The number of hydrogen-bond donors (Lipinski definition) is 1. The molecular formula is C33H33F3N4O2. The summed E-state index contributed by atoms with van der Waals surface area (Å²) in [4.78, 5) is 10.1. The van der Waals surface area contributed by atoms with Crippen molar-refractivity contribution in [2.75, 3.05) is 43.2 Å². The van der Waals surface area contributed by atoms with Crippen molar-refractivity contribution >= 4 is 22.4 Å². The van der Waals surface area contributed by atoms with E-state index in [1.165, 1.54) is 25.0 Å². The highest BCUT2D eigenvalue weighted by molar-refractivity contribution is 5.96. The van der Waals surface area contributed by atoms with E-state index < -0.39 is 11.7 Å². The molecule has 2 saturated heterocycles. The number of likely N-dealkylation sites (tertiary alicyclic amines) is 1. The Kier molecular flexibility index (Phi) is 7.06. The maximum atomic E-state index is 13.1. The summed E-state index contributed by atoms with van der Waals surface area (Å²) in [5.74, 6) is 2.40. The van der Waals surface area contributed by atoms with Crippen LogP contribution in [0.4, 0.5) is 24.7 Å². The number of benzene rings is 3. The molecule has 7 rings (SSSR count). The number of hydrogen-bond acceptors (Lipinski definition) is 6. The van der Waals surface area contributed by atoms with Crippen LogP contribution in [-0.4, -0.2) is 48.9 Å². The number of ether oxygens (including phenoxy) is 2. The second-order valence-corrected chi connectivity index (χ2v) is 11.4. The second kappa shape index (κ2) is 11.0. The highest BCUT2D eigenvalue weighted by Gasteiger charge is 2.30. The van der Waals surface area contributed by atoms with Gasteiger partial charge in [0.1, 0.15) is 5.82 Å². The normalized spacial score (nSPS) is 18.7. The third-order valence-corrected chi connectivity index (χ3v) is 8.60. The van der Waals surface area contributed by atoms with E-state index in [9.17, 15) is 13.2 Å². The van der Waals surface area contributed by atoms with E-state index in [0.29, 0.717) is 12.6 Å². The predicted octanol–water partition coefficient (Wildman–Crippen LogP) is 7.33. The maximum absolute atomic E-state index is 13.1. The first-order valence-corrected chi connectivity index (χ1v) is 14.6. The Morgan fingerprint density at radius 1 is 0.833 bits per heavy atom. The van der Waals surface area contributed by atoms with E-state index >= 15 is 0 Å². The summed E-state index contributed by atoms with van der Waals surface area (Å²) in [6.45, 7) is 4.95. The van der Waals surface area contributed by atoms with Gasteiger partial charge in [0.2, 0.25) is 6.79 Å². The van der Waals surface area contributed by atoms with E-state index in [1.807, 2.05) is 24.3 Å². The molecule has 1 atom stereocenters. The van der Waals surface area contributed by atoms with Crippen molar-refractivity contribution in [3.8, 4) is 22.6 Å². The van der Waals surface area contributed by atoms with E-state index in [4.69, 9.17) is 14.5 Å². The molecular weight excluding hydrogens is 541 g/mol. The summed E-state index contributed by atoms with van der Waals surface area (Å²) < 4.78 is 50.4. The summed E-state index contributed by atoms with van der Waals surface area (Å²) in [5, 5.41) is 4.49. The molecule has 0 bridgehead atoms. The molecule has 0 amide bonds. The monoisotopic (exact) mass is 574 g/mol. The Morgan fingerprint density at radius 2 is 1.60 bits per heavy atom. The highest BCUT2D eigenvalue weighted by atomic mass is 19.4. The third-order valence-electron chi connectivity index (χ3n) is 8.60. The molecule has 1 N–H and O–H groups in total. The fraction of sp³-hybridized carbons (Fsp3) is 0.364. The van der Waals surface area contributed by atoms with Crippen molar-refractivity contribution < 1.29 is 22.6 Å². The molecule has 3 aliphatic rings. The zero-order chi connectivity index (χ0) is 28.7. The molecule has 42 heavy (non-hydrogen) atoms. The number of nitrogens with one attached hydrogen (secondary N) is 1. The number of rotatable bonds is 7. The summed E-state index contributed by atoms with van der Waals surface area (Å²) in [5.41, 5.74) is 3.93. The van der Waals surface area contributed by atoms with Gasteiger partial charge in [-0.15, -0.1) is 0 Å². The molecule has 4 aromatic rings. The van der Waals surface area contributed by atoms with Crippen LogP contribution in [0, 0.1) is 0 Å². The highest BCUT2D eigenvalue weighted by Crippen LogP contribution is 2.38. The van der Waals surface area contributed by atoms with Crippen molar-refractivity contribution in [1.82, 2.24) is 9.88 Å². The number of alkyl halides is 3. The van der Waals surface area contributed by atoms with Crippen LogP contribution in [0.3, 0.4) is 0 Å². The minimum atomic E-state index is -4.35. The van der Waals surface area contributed by atoms with Gasteiger partial charge < -0.3 is 24.6 Å². The fourth-order valence-corrected chi connectivity index (χ4v) is 6.36. The van der Waals surface area contributed by atoms with Gasteiger partial charge in [-0.05, 0) is 91.9 Å². The Balaban J connectivity index is 1.23. The van der Waals surface area contributed by atoms with Crippen LogP contribution in [-0.2, 0) is 12.7 Å². The lowest BCUT2D eigenvalue weighted by atomic mass is 10.0. The van der Waals surface area contributed by atoms with Crippen LogP contribution in [0.25, 0.3) is 22.0 Å². The molecule has 0 unspecified atom stereocenters. The molecule has 1 aromatic heterocycles. The standard InChI is InChI=1S/C33H33F3N4O2/c34-33(35,36)25-9-5-22(6-10-25)19-37-29-18-32(40-15-3-4-26(40)20-39-13-1-2-14-39)38-28-11-7-23(16-27(28)29)24-8-12-30-31(17-24)42-21-41-30/h5-12,16-18,26H,1-4,13-15,19-21H2,(H,37,38)/t26-/m0/s1. The lowest BCUT2D eigenvalue weighted by Gasteiger charge is -2.30. The minimum Gasteiger partial charge on any atom is -0.454 e. The number of anilines is 2. The molecule has 2 fully saturated rings. The molecule has 3 aromatic carbocycles. The topological polar surface area (TPSA) is 49.9 Å². The van der Waals surface area contributed by atoms with Crippen LogP contribution in [0.15, 0.2) is 66.7 Å². The Morgan fingerprint density at radius 3 is 2.40 bits per heavy atom. The van der Waals surface area contributed by atoms with Crippen LogP contribution >= 0.6 is 0 Å². The van der Waals surface area contributed by atoms with Crippen LogP contribution in [0.1, 0.15) is 36.8 Å². The first kappa shape index (κ1) is 26.9. The number of pyridine rings is 1. The largest absolute Gasteiger partial charge is 0.454 e. The van der Waals surface area contributed by atoms with E-state index in [2.05, 4.69) is 33.3 Å². The first-order valence-electron chi connectivity index (χ1n) is 14.6. The van der Waals surface area contributed by atoms with Crippen molar-refractivity contribution in [2.24, 2.45) is 0 Å². The smallest absolute Gasteiger partial charge is 0.416 e. The average Bonchev–Trinajstić information content (AvgIpc) is 3.78. The van der Waals surface area contributed by atoms with Gasteiger partial charge in [-0.25, -0.2) is 4.98 Å². The van der Waals surface area contributed by atoms with Crippen LogP contribution < -0.4 is 19.7 Å². The van der Waals surface area contributed by atoms with Gasteiger partial charge in [0.15, 0.2) is 11.5 Å². The molecule has 0 saturated carbocycles. The molecule has 3 aliphatic heterocycles. The molecule has 0 radical (unpaired) electrons. The van der Waals surface area contributed by atoms with Gasteiger partial charge in [0, 0.05) is 42.8 Å². The molecule has 0 spiro atoms. The van der Waals surface area contributed by atoms with Gasteiger partial charge in [0.05, 0.1) is 11.1 Å². The van der Waals surface area contributed by atoms with Gasteiger partial charge in [0.25, 0.3) is 0 Å². The summed E-state index contributed by atoms with van der Waals surface area (Å²) >= 11 is 0. The Bertz CT molecular complexity index is 1590. The van der Waals surface area contributed by atoms with Gasteiger partial charge in [-0.1, -0.05) is 24.3 Å². The lowest BCUT2D eigenvalue weighted by molar-refractivity contribution is -0.137.